The van der Waals surface area contributed by atoms with Crippen molar-refractivity contribution in [3.63, 3.8) is 0 Å². The van der Waals surface area contributed by atoms with Gasteiger partial charge in [0.1, 0.15) is 5.69 Å². The average molecular weight is 405 g/mol. The molecule has 0 atom stereocenters. The standard InChI is InChI=1S/C17H24N4OS.2ClH/c1-21(14-7-3-2-4-8-14)12-6-5-11-19-17(22)15-13-23-16(20-15)9-10-18;;/h2-4,7-8,13H,5-6,9-12,18H2,1H3,(H,19,22);2*1H. The number of hydrogen-bond donors (Lipinski definition) is 2. The molecule has 3 N–H and O–H groups in total. The van der Waals surface area contributed by atoms with E-state index in [2.05, 4.69) is 34.4 Å². The summed E-state index contributed by atoms with van der Waals surface area (Å²) in [6, 6.07) is 10.3. The molecule has 0 aliphatic heterocycles. The Bertz CT molecular complexity index is 610. The van der Waals surface area contributed by atoms with Gasteiger partial charge >= 0.3 is 0 Å². The lowest BCUT2D eigenvalue weighted by molar-refractivity contribution is 0.0948. The van der Waals surface area contributed by atoms with Crippen LogP contribution in [0.3, 0.4) is 0 Å². The Morgan fingerprint density at radius 3 is 2.64 bits per heavy atom. The normalized spacial score (nSPS) is 9.68. The minimum atomic E-state index is -0.0964. The SMILES string of the molecule is CN(CCCCNC(=O)c1csc(CCN)n1)c1ccccc1.Cl.Cl. The number of unbranched alkanes of at least 4 members (excludes halogenated alkanes) is 1. The van der Waals surface area contributed by atoms with Crippen molar-refractivity contribution in [3.05, 3.63) is 46.4 Å². The molecule has 1 heterocycles. The van der Waals surface area contributed by atoms with E-state index in [0.29, 0.717) is 18.8 Å². The van der Waals surface area contributed by atoms with Crippen molar-refractivity contribution in [2.24, 2.45) is 5.73 Å². The largest absolute Gasteiger partial charge is 0.375 e. The summed E-state index contributed by atoms with van der Waals surface area (Å²) >= 11 is 1.49. The Balaban J connectivity index is 0.00000288. The third-order valence-corrected chi connectivity index (χ3v) is 4.45. The molecule has 2 aromatic rings. The smallest absolute Gasteiger partial charge is 0.270 e. The zero-order valence-electron chi connectivity index (χ0n) is 14.3. The Labute approximate surface area is 165 Å². The van der Waals surface area contributed by atoms with Crippen molar-refractivity contribution >= 4 is 47.7 Å². The number of rotatable bonds is 9. The van der Waals surface area contributed by atoms with Crippen LogP contribution >= 0.6 is 36.2 Å². The van der Waals surface area contributed by atoms with Crippen molar-refractivity contribution < 1.29 is 4.79 Å². The summed E-state index contributed by atoms with van der Waals surface area (Å²) in [4.78, 5) is 18.5. The second kappa shape index (κ2) is 12.9. The van der Waals surface area contributed by atoms with Gasteiger partial charge in [0, 0.05) is 37.6 Å². The number of hydrogen-bond acceptors (Lipinski definition) is 5. The van der Waals surface area contributed by atoms with Crippen molar-refractivity contribution in [1.82, 2.24) is 10.3 Å². The lowest BCUT2D eigenvalue weighted by Crippen LogP contribution is -2.26. The van der Waals surface area contributed by atoms with Crippen LogP contribution in [0.25, 0.3) is 0 Å². The van der Waals surface area contributed by atoms with E-state index in [0.717, 1.165) is 30.8 Å². The van der Waals surface area contributed by atoms with E-state index in [-0.39, 0.29) is 30.7 Å². The van der Waals surface area contributed by atoms with E-state index >= 15 is 0 Å². The predicted molar refractivity (Wildman–Crippen MR) is 111 cm³/mol. The number of nitrogens with two attached hydrogens (primary N) is 1. The molecular weight excluding hydrogens is 379 g/mol. The Morgan fingerprint density at radius 1 is 1.24 bits per heavy atom. The average Bonchev–Trinajstić information content (AvgIpc) is 3.04. The molecule has 8 heteroatoms. The van der Waals surface area contributed by atoms with Crippen LogP contribution in [0.1, 0.15) is 28.3 Å². The van der Waals surface area contributed by atoms with Gasteiger partial charge in [0.25, 0.3) is 5.91 Å². The molecule has 0 spiro atoms. The minimum absolute atomic E-state index is 0. The highest BCUT2D eigenvalue weighted by Crippen LogP contribution is 2.12. The molecule has 0 fully saturated rings. The van der Waals surface area contributed by atoms with Gasteiger partial charge < -0.3 is 16.0 Å². The Hall–Kier alpha value is -1.34. The quantitative estimate of drug-likeness (QED) is 0.629. The van der Waals surface area contributed by atoms with Crippen molar-refractivity contribution in [2.45, 2.75) is 19.3 Å². The van der Waals surface area contributed by atoms with Gasteiger partial charge in [-0.1, -0.05) is 18.2 Å². The van der Waals surface area contributed by atoms with Gasteiger partial charge in [0.05, 0.1) is 5.01 Å². The Kier molecular flexibility index (Phi) is 12.2. The summed E-state index contributed by atoms with van der Waals surface area (Å²) in [7, 11) is 2.09. The topological polar surface area (TPSA) is 71.2 Å². The monoisotopic (exact) mass is 404 g/mol. The second-order valence-corrected chi connectivity index (χ2v) is 6.33. The summed E-state index contributed by atoms with van der Waals surface area (Å²) in [5, 5.41) is 5.64. The molecule has 0 unspecified atom stereocenters. The van der Waals surface area contributed by atoms with Crippen LogP contribution in [0.5, 0.6) is 0 Å². The zero-order valence-corrected chi connectivity index (χ0v) is 16.8. The number of carbonyl (C=O) groups is 1. The second-order valence-electron chi connectivity index (χ2n) is 5.39. The highest BCUT2D eigenvalue weighted by Gasteiger charge is 2.09. The molecule has 0 aliphatic rings. The number of benzene rings is 1. The molecule has 2 rings (SSSR count). The summed E-state index contributed by atoms with van der Waals surface area (Å²) in [6.07, 6.45) is 2.70. The van der Waals surface area contributed by atoms with E-state index in [9.17, 15) is 4.79 Å². The summed E-state index contributed by atoms with van der Waals surface area (Å²) < 4.78 is 0. The lowest BCUT2D eigenvalue weighted by atomic mass is 10.2. The van der Waals surface area contributed by atoms with Crippen LogP contribution < -0.4 is 16.0 Å². The number of para-hydroxylation sites is 1. The molecule has 1 amide bonds. The van der Waals surface area contributed by atoms with E-state index in [4.69, 9.17) is 5.73 Å². The highest BCUT2D eigenvalue weighted by atomic mass is 35.5. The first-order valence-corrected chi connectivity index (χ1v) is 8.77. The van der Waals surface area contributed by atoms with E-state index < -0.39 is 0 Å². The fourth-order valence-electron chi connectivity index (χ4n) is 2.23. The molecular formula is C17H26Cl2N4OS. The fraction of sp³-hybridized carbons (Fsp3) is 0.412. The van der Waals surface area contributed by atoms with Gasteiger partial charge in [-0.05, 0) is 31.5 Å². The van der Waals surface area contributed by atoms with Gasteiger partial charge in [-0.25, -0.2) is 4.98 Å². The van der Waals surface area contributed by atoms with Crippen LogP contribution in [0.4, 0.5) is 5.69 Å². The highest BCUT2D eigenvalue weighted by molar-refractivity contribution is 7.09. The molecule has 0 saturated carbocycles. The molecule has 0 saturated heterocycles. The summed E-state index contributed by atoms with van der Waals surface area (Å²) in [5.41, 5.74) is 7.20. The first-order chi connectivity index (χ1) is 11.2. The van der Waals surface area contributed by atoms with Gasteiger partial charge in [-0.2, -0.15) is 0 Å². The molecule has 25 heavy (non-hydrogen) atoms. The third kappa shape index (κ3) is 8.05. The molecule has 0 bridgehead atoms. The summed E-state index contributed by atoms with van der Waals surface area (Å²) in [5.74, 6) is -0.0964. The van der Waals surface area contributed by atoms with Crippen LogP contribution in [-0.4, -0.2) is 37.6 Å². The molecule has 1 aromatic carbocycles. The van der Waals surface area contributed by atoms with Crippen LogP contribution in [0.15, 0.2) is 35.7 Å². The number of anilines is 1. The van der Waals surface area contributed by atoms with Crippen molar-refractivity contribution in [3.8, 4) is 0 Å². The van der Waals surface area contributed by atoms with E-state index in [1.807, 2.05) is 18.2 Å². The number of thiazole rings is 1. The number of carbonyl (C=O) groups excluding carboxylic acids is 1. The summed E-state index contributed by atoms with van der Waals surface area (Å²) in [6.45, 7) is 2.20. The number of aromatic nitrogens is 1. The fourth-order valence-corrected chi connectivity index (χ4v) is 3.03. The number of amides is 1. The van der Waals surface area contributed by atoms with Crippen LogP contribution in [-0.2, 0) is 6.42 Å². The van der Waals surface area contributed by atoms with Crippen LogP contribution in [0.2, 0.25) is 0 Å². The molecule has 5 nitrogen and oxygen atoms in total. The van der Waals surface area contributed by atoms with Crippen molar-refractivity contribution in [2.75, 3.05) is 31.6 Å². The maximum absolute atomic E-state index is 12.0. The minimum Gasteiger partial charge on any atom is -0.375 e. The molecule has 0 aliphatic carbocycles. The Morgan fingerprint density at radius 2 is 1.96 bits per heavy atom. The van der Waals surface area contributed by atoms with Gasteiger partial charge in [0.15, 0.2) is 0 Å². The maximum atomic E-state index is 12.0. The van der Waals surface area contributed by atoms with Gasteiger partial charge in [-0.15, -0.1) is 36.2 Å². The van der Waals surface area contributed by atoms with E-state index in [1.165, 1.54) is 17.0 Å². The third-order valence-electron chi connectivity index (χ3n) is 3.55. The molecule has 0 radical (unpaired) electrons. The zero-order chi connectivity index (χ0) is 16.5. The molecule has 140 valence electrons. The van der Waals surface area contributed by atoms with Crippen LogP contribution in [0, 0.1) is 0 Å². The lowest BCUT2D eigenvalue weighted by Gasteiger charge is -2.19. The first kappa shape index (κ1) is 23.7. The number of halogens is 2. The van der Waals surface area contributed by atoms with Gasteiger partial charge in [0.2, 0.25) is 0 Å². The van der Waals surface area contributed by atoms with Crippen molar-refractivity contribution in [1.29, 1.82) is 0 Å². The van der Waals surface area contributed by atoms with E-state index in [1.54, 1.807) is 5.38 Å². The predicted octanol–water partition coefficient (Wildman–Crippen LogP) is 3.13. The van der Waals surface area contributed by atoms with Gasteiger partial charge in [-0.3, -0.25) is 4.79 Å². The molecule has 1 aromatic heterocycles. The number of nitrogens with zero attached hydrogens (tertiary/aromatic N) is 2. The first-order valence-electron chi connectivity index (χ1n) is 7.89. The maximum Gasteiger partial charge on any atom is 0.270 e. The number of nitrogens with one attached hydrogen (secondary N) is 1.